The van der Waals surface area contributed by atoms with Crippen LogP contribution in [0.1, 0.15) is 45.5 Å². The topological polar surface area (TPSA) is 88.3 Å². The zero-order valence-electron chi connectivity index (χ0n) is 14.4. The molecule has 0 aliphatic carbocycles. The number of benzene rings is 1. The highest BCUT2D eigenvalue weighted by Crippen LogP contribution is 2.22. The van der Waals surface area contributed by atoms with Gasteiger partial charge in [0.15, 0.2) is 0 Å². The Kier molecular flexibility index (Phi) is 5.73. The van der Waals surface area contributed by atoms with E-state index in [4.69, 9.17) is 17.3 Å². The monoisotopic (exact) mass is 372 g/mol. The number of aromatic nitrogens is 1. The lowest BCUT2D eigenvalue weighted by Gasteiger charge is -2.26. The van der Waals surface area contributed by atoms with Gasteiger partial charge in [-0.3, -0.25) is 9.59 Å². The molecule has 0 saturated carbocycles. The SMILES string of the molecule is NC(=O)c1cccc(CNc2ncc(C(=O)N3CCCCC3)cc2Cl)c1. The molecule has 3 rings (SSSR count). The van der Waals surface area contributed by atoms with E-state index in [9.17, 15) is 9.59 Å². The normalized spacial score (nSPS) is 14.1. The first kappa shape index (κ1) is 18.2. The number of pyridine rings is 1. The summed E-state index contributed by atoms with van der Waals surface area (Å²) in [5.74, 6) is -0.00488. The summed E-state index contributed by atoms with van der Waals surface area (Å²) in [6, 6.07) is 8.68. The summed E-state index contributed by atoms with van der Waals surface area (Å²) in [7, 11) is 0. The van der Waals surface area contributed by atoms with Crippen molar-refractivity contribution in [3.05, 3.63) is 58.2 Å². The van der Waals surface area contributed by atoms with Crippen LogP contribution in [0.15, 0.2) is 36.5 Å². The molecule has 1 saturated heterocycles. The van der Waals surface area contributed by atoms with Crippen LogP contribution in [0.3, 0.4) is 0 Å². The maximum absolute atomic E-state index is 12.5. The van der Waals surface area contributed by atoms with Crippen molar-refractivity contribution in [1.29, 1.82) is 0 Å². The lowest BCUT2D eigenvalue weighted by atomic mass is 10.1. The minimum atomic E-state index is -0.469. The first-order valence-electron chi connectivity index (χ1n) is 8.62. The number of hydrogen-bond acceptors (Lipinski definition) is 4. The number of primary amides is 1. The van der Waals surface area contributed by atoms with Crippen molar-refractivity contribution >= 4 is 29.2 Å². The molecule has 0 spiro atoms. The van der Waals surface area contributed by atoms with Gasteiger partial charge in [0.2, 0.25) is 5.91 Å². The van der Waals surface area contributed by atoms with E-state index in [1.54, 1.807) is 30.5 Å². The fourth-order valence-corrected chi connectivity index (χ4v) is 3.22. The summed E-state index contributed by atoms with van der Waals surface area (Å²) in [5, 5.41) is 3.51. The quantitative estimate of drug-likeness (QED) is 0.844. The van der Waals surface area contributed by atoms with Crippen molar-refractivity contribution < 1.29 is 9.59 Å². The Morgan fingerprint density at radius 1 is 1.15 bits per heavy atom. The third-order valence-corrected chi connectivity index (χ3v) is 4.69. The third-order valence-electron chi connectivity index (χ3n) is 4.40. The van der Waals surface area contributed by atoms with E-state index in [2.05, 4.69) is 10.3 Å². The van der Waals surface area contributed by atoms with Gasteiger partial charge in [-0.25, -0.2) is 4.98 Å². The Balaban J connectivity index is 1.67. The van der Waals surface area contributed by atoms with E-state index < -0.39 is 5.91 Å². The highest BCUT2D eigenvalue weighted by molar-refractivity contribution is 6.33. The smallest absolute Gasteiger partial charge is 0.255 e. The van der Waals surface area contributed by atoms with Crippen molar-refractivity contribution in [2.45, 2.75) is 25.8 Å². The molecule has 0 bridgehead atoms. The summed E-state index contributed by atoms with van der Waals surface area (Å²) in [6.45, 7) is 2.01. The van der Waals surface area contributed by atoms with Crippen LogP contribution in [0.4, 0.5) is 5.82 Å². The molecule has 26 heavy (non-hydrogen) atoms. The van der Waals surface area contributed by atoms with Gasteiger partial charge in [0.05, 0.1) is 10.6 Å². The van der Waals surface area contributed by atoms with Crippen LogP contribution in [0.25, 0.3) is 0 Å². The highest BCUT2D eigenvalue weighted by atomic mass is 35.5. The Hall–Kier alpha value is -2.60. The van der Waals surface area contributed by atoms with Crippen LogP contribution < -0.4 is 11.1 Å². The lowest BCUT2D eigenvalue weighted by molar-refractivity contribution is 0.0723. The molecule has 0 atom stereocenters. The number of nitrogens with two attached hydrogens (primary N) is 1. The summed E-state index contributed by atoms with van der Waals surface area (Å²) < 4.78 is 0. The van der Waals surface area contributed by atoms with E-state index in [0.29, 0.717) is 28.5 Å². The van der Waals surface area contributed by atoms with E-state index in [1.165, 1.54) is 6.42 Å². The predicted octanol–water partition coefficient (Wildman–Crippen LogP) is 3.07. The van der Waals surface area contributed by atoms with Gasteiger partial charge in [-0.1, -0.05) is 23.7 Å². The summed E-state index contributed by atoms with van der Waals surface area (Å²) in [4.78, 5) is 29.9. The maximum atomic E-state index is 12.5. The molecule has 3 N–H and O–H groups in total. The average molecular weight is 373 g/mol. The molecule has 0 radical (unpaired) electrons. The van der Waals surface area contributed by atoms with E-state index >= 15 is 0 Å². The van der Waals surface area contributed by atoms with E-state index in [1.807, 2.05) is 11.0 Å². The molecule has 1 fully saturated rings. The number of likely N-dealkylation sites (tertiary alicyclic amines) is 1. The highest BCUT2D eigenvalue weighted by Gasteiger charge is 2.19. The van der Waals surface area contributed by atoms with Crippen molar-refractivity contribution in [3.8, 4) is 0 Å². The van der Waals surface area contributed by atoms with Crippen LogP contribution >= 0.6 is 11.6 Å². The maximum Gasteiger partial charge on any atom is 0.255 e. The Morgan fingerprint density at radius 3 is 2.62 bits per heavy atom. The third kappa shape index (κ3) is 4.32. The van der Waals surface area contributed by atoms with Gasteiger partial charge < -0.3 is 16.0 Å². The van der Waals surface area contributed by atoms with E-state index in [0.717, 1.165) is 31.5 Å². The molecule has 1 aliphatic heterocycles. The zero-order valence-corrected chi connectivity index (χ0v) is 15.1. The van der Waals surface area contributed by atoms with Crippen molar-refractivity contribution in [2.75, 3.05) is 18.4 Å². The number of hydrogen-bond donors (Lipinski definition) is 2. The van der Waals surface area contributed by atoms with Gasteiger partial charge in [-0.05, 0) is 43.0 Å². The second-order valence-electron chi connectivity index (χ2n) is 6.33. The van der Waals surface area contributed by atoms with Gasteiger partial charge in [0, 0.05) is 31.4 Å². The number of amides is 2. The molecular formula is C19H21ClN4O2. The van der Waals surface area contributed by atoms with Crippen molar-refractivity contribution in [3.63, 3.8) is 0 Å². The Labute approximate surface area is 157 Å². The standard InChI is InChI=1S/C19H21ClN4O2/c20-16-10-15(19(26)24-7-2-1-3-8-24)12-23-18(16)22-11-13-5-4-6-14(9-13)17(21)25/h4-6,9-10,12H,1-3,7-8,11H2,(H2,21,25)(H,22,23). The number of nitrogens with one attached hydrogen (secondary N) is 1. The number of carbonyl (C=O) groups excluding carboxylic acids is 2. The molecular weight excluding hydrogens is 352 g/mol. The molecule has 7 heteroatoms. The Bertz CT molecular complexity index is 819. The Morgan fingerprint density at radius 2 is 1.92 bits per heavy atom. The molecule has 2 aromatic rings. The fourth-order valence-electron chi connectivity index (χ4n) is 2.98. The van der Waals surface area contributed by atoms with Gasteiger partial charge in [-0.2, -0.15) is 0 Å². The molecule has 6 nitrogen and oxygen atoms in total. The van der Waals surface area contributed by atoms with Crippen LogP contribution in [0.2, 0.25) is 5.02 Å². The number of nitrogens with zero attached hydrogens (tertiary/aromatic N) is 2. The molecule has 1 aromatic carbocycles. The minimum absolute atomic E-state index is 0.0280. The second-order valence-corrected chi connectivity index (χ2v) is 6.73. The van der Waals surface area contributed by atoms with Crippen molar-refractivity contribution in [2.24, 2.45) is 5.73 Å². The van der Waals surface area contributed by atoms with Gasteiger partial charge >= 0.3 is 0 Å². The average Bonchev–Trinajstić information content (AvgIpc) is 2.67. The predicted molar refractivity (Wildman–Crippen MR) is 101 cm³/mol. The van der Waals surface area contributed by atoms with Crippen LogP contribution in [0, 0.1) is 0 Å². The number of piperidine rings is 1. The summed E-state index contributed by atoms with van der Waals surface area (Å²) in [5.41, 5.74) is 7.12. The van der Waals surface area contributed by atoms with Crippen LogP contribution in [-0.2, 0) is 6.54 Å². The molecule has 2 amide bonds. The first-order valence-corrected chi connectivity index (χ1v) is 9.00. The van der Waals surface area contributed by atoms with Gasteiger partial charge in [-0.15, -0.1) is 0 Å². The lowest BCUT2D eigenvalue weighted by Crippen LogP contribution is -2.35. The number of anilines is 1. The minimum Gasteiger partial charge on any atom is -0.366 e. The largest absolute Gasteiger partial charge is 0.366 e. The summed E-state index contributed by atoms with van der Waals surface area (Å²) >= 11 is 6.29. The first-order chi connectivity index (χ1) is 12.5. The van der Waals surface area contributed by atoms with Gasteiger partial charge in [0.1, 0.15) is 5.82 Å². The number of halogens is 1. The fraction of sp³-hybridized carbons (Fsp3) is 0.316. The van der Waals surface area contributed by atoms with Crippen LogP contribution in [-0.4, -0.2) is 34.8 Å². The van der Waals surface area contributed by atoms with Crippen molar-refractivity contribution in [1.82, 2.24) is 9.88 Å². The zero-order chi connectivity index (χ0) is 18.5. The second kappa shape index (κ2) is 8.19. The molecule has 136 valence electrons. The van der Waals surface area contributed by atoms with E-state index in [-0.39, 0.29) is 5.91 Å². The molecule has 1 aliphatic rings. The summed E-state index contributed by atoms with van der Waals surface area (Å²) in [6.07, 6.45) is 4.79. The number of rotatable bonds is 5. The molecule has 0 unspecified atom stereocenters. The molecule has 1 aromatic heterocycles. The number of carbonyl (C=O) groups is 2. The van der Waals surface area contributed by atoms with Crippen LogP contribution in [0.5, 0.6) is 0 Å². The molecule has 2 heterocycles. The van der Waals surface area contributed by atoms with Gasteiger partial charge in [0.25, 0.3) is 5.91 Å².